The van der Waals surface area contributed by atoms with Gasteiger partial charge in [0.25, 0.3) is 0 Å². The highest BCUT2D eigenvalue weighted by Crippen LogP contribution is 2.24. The SMILES string of the molecule is CN=C(NCc1oc2ccccc2c1C)N(C)Cc1csc(C)n1. The average molecular weight is 342 g/mol. The molecule has 3 aromatic rings. The smallest absolute Gasteiger partial charge is 0.194 e. The summed E-state index contributed by atoms with van der Waals surface area (Å²) in [7, 11) is 3.80. The molecule has 0 bridgehead atoms. The van der Waals surface area contributed by atoms with E-state index in [1.165, 1.54) is 5.56 Å². The Morgan fingerprint density at radius 2 is 2.12 bits per heavy atom. The summed E-state index contributed by atoms with van der Waals surface area (Å²) < 4.78 is 5.95. The number of benzene rings is 1. The van der Waals surface area contributed by atoms with Crippen LogP contribution in [0.15, 0.2) is 39.1 Å². The largest absolute Gasteiger partial charge is 0.459 e. The maximum atomic E-state index is 5.95. The molecule has 0 saturated heterocycles. The van der Waals surface area contributed by atoms with E-state index in [9.17, 15) is 0 Å². The number of guanidine groups is 1. The highest BCUT2D eigenvalue weighted by molar-refractivity contribution is 7.09. The molecular formula is C18H22N4OS. The average Bonchev–Trinajstić information content (AvgIpc) is 3.12. The van der Waals surface area contributed by atoms with Crippen LogP contribution in [0.4, 0.5) is 0 Å². The molecule has 0 radical (unpaired) electrons. The van der Waals surface area contributed by atoms with Gasteiger partial charge in [-0.1, -0.05) is 18.2 Å². The van der Waals surface area contributed by atoms with Gasteiger partial charge in [-0.3, -0.25) is 4.99 Å². The number of nitrogens with one attached hydrogen (secondary N) is 1. The summed E-state index contributed by atoms with van der Waals surface area (Å²) in [6.07, 6.45) is 0. The van der Waals surface area contributed by atoms with Crippen molar-refractivity contribution >= 4 is 28.3 Å². The molecule has 0 spiro atoms. The molecule has 3 rings (SSSR count). The maximum absolute atomic E-state index is 5.95. The first-order valence-electron chi connectivity index (χ1n) is 7.88. The minimum atomic E-state index is 0.605. The Balaban J connectivity index is 1.67. The number of hydrogen-bond acceptors (Lipinski definition) is 4. The molecule has 0 aliphatic rings. The van der Waals surface area contributed by atoms with Crippen LogP contribution in [0.2, 0.25) is 0 Å². The van der Waals surface area contributed by atoms with Gasteiger partial charge in [0.1, 0.15) is 11.3 Å². The van der Waals surface area contributed by atoms with Crippen LogP contribution >= 0.6 is 11.3 Å². The number of aryl methyl sites for hydroxylation is 2. The maximum Gasteiger partial charge on any atom is 0.194 e. The lowest BCUT2D eigenvalue weighted by atomic mass is 10.1. The van der Waals surface area contributed by atoms with Crippen LogP contribution < -0.4 is 5.32 Å². The monoisotopic (exact) mass is 342 g/mol. The van der Waals surface area contributed by atoms with E-state index in [0.717, 1.165) is 39.9 Å². The number of aliphatic imine (C=N–C) groups is 1. The first-order chi connectivity index (χ1) is 11.6. The predicted octanol–water partition coefficient (Wildman–Crippen LogP) is 3.71. The molecule has 5 nitrogen and oxygen atoms in total. The van der Waals surface area contributed by atoms with Gasteiger partial charge < -0.3 is 14.6 Å². The van der Waals surface area contributed by atoms with E-state index < -0.39 is 0 Å². The quantitative estimate of drug-likeness (QED) is 0.580. The molecule has 126 valence electrons. The minimum Gasteiger partial charge on any atom is -0.459 e. The van der Waals surface area contributed by atoms with Gasteiger partial charge in [-0.05, 0) is 19.9 Å². The summed E-state index contributed by atoms with van der Waals surface area (Å²) in [6, 6.07) is 8.11. The van der Waals surface area contributed by atoms with Gasteiger partial charge in [0, 0.05) is 30.4 Å². The molecule has 2 heterocycles. The van der Waals surface area contributed by atoms with Gasteiger partial charge in [-0.2, -0.15) is 0 Å². The lowest BCUT2D eigenvalue weighted by Crippen LogP contribution is -2.38. The first kappa shape index (κ1) is 16.5. The van der Waals surface area contributed by atoms with Crippen LogP contribution in [0.1, 0.15) is 22.0 Å². The second kappa shape index (κ2) is 7.05. The minimum absolute atomic E-state index is 0.605. The van der Waals surface area contributed by atoms with Gasteiger partial charge in [-0.25, -0.2) is 4.98 Å². The molecule has 6 heteroatoms. The summed E-state index contributed by atoms with van der Waals surface area (Å²) >= 11 is 1.67. The van der Waals surface area contributed by atoms with Crippen molar-refractivity contribution in [3.05, 3.63) is 51.7 Å². The molecule has 1 aromatic carbocycles. The van der Waals surface area contributed by atoms with Crippen LogP contribution in [-0.2, 0) is 13.1 Å². The zero-order valence-corrected chi connectivity index (χ0v) is 15.3. The lowest BCUT2D eigenvalue weighted by Gasteiger charge is -2.20. The second-order valence-electron chi connectivity index (χ2n) is 5.76. The Morgan fingerprint density at radius 3 is 2.79 bits per heavy atom. The van der Waals surface area contributed by atoms with Gasteiger partial charge in [0.15, 0.2) is 5.96 Å². The molecule has 0 amide bonds. The molecule has 24 heavy (non-hydrogen) atoms. The van der Waals surface area contributed by atoms with Gasteiger partial charge in [0.2, 0.25) is 0 Å². The van der Waals surface area contributed by atoms with E-state index in [1.807, 2.05) is 32.2 Å². The van der Waals surface area contributed by atoms with Crippen LogP contribution in [0.5, 0.6) is 0 Å². The molecular weight excluding hydrogens is 320 g/mol. The number of rotatable bonds is 4. The standard InChI is InChI=1S/C18H22N4OS/c1-12-15-7-5-6-8-16(15)23-17(12)9-20-18(19-3)22(4)10-14-11-24-13(2)21-14/h5-8,11H,9-10H2,1-4H3,(H,19,20). The Labute approximate surface area is 146 Å². The summed E-state index contributed by atoms with van der Waals surface area (Å²) in [5.74, 6) is 1.76. The van der Waals surface area contributed by atoms with E-state index in [1.54, 1.807) is 18.4 Å². The van der Waals surface area contributed by atoms with Gasteiger partial charge in [-0.15, -0.1) is 11.3 Å². The van der Waals surface area contributed by atoms with E-state index in [4.69, 9.17) is 4.42 Å². The first-order valence-corrected chi connectivity index (χ1v) is 8.76. The van der Waals surface area contributed by atoms with E-state index in [-0.39, 0.29) is 0 Å². The summed E-state index contributed by atoms with van der Waals surface area (Å²) in [6.45, 7) is 5.44. The molecule has 0 fully saturated rings. The molecule has 1 N–H and O–H groups in total. The van der Waals surface area contributed by atoms with Crippen molar-refractivity contribution in [1.29, 1.82) is 0 Å². The number of para-hydroxylation sites is 1. The van der Waals surface area contributed by atoms with Crippen LogP contribution in [0, 0.1) is 13.8 Å². The highest BCUT2D eigenvalue weighted by atomic mass is 32.1. The van der Waals surface area contributed by atoms with Crippen LogP contribution in [0.25, 0.3) is 11.0 Å². The predicted molar refractivity (Wildman–Crippen MR) is 99.5 cm³/mol. The molecule has 2 aromatic heterocycles. The topological polar surface area (TPSA) is 53.7 Å². The third-order valence-electron chi connectivity index (χ3n) is 3.99. The molecule has 0 unspecified atom stereocenters. The van der Waals surface area contributed by atoms with E-state index >= 15 is 0 Å². The second-order valence-corrected chi connectivity index (χ2v) is 6.82. The van der Waals surface area contributed by atoms with Crippen molar-refractivity contribution in [2.45, 2.75) is 26.9 Å². The Hall–Kier alpha value is -2.34. The van der Waals surface area contributed by atoms with Crippen molar-refractivity contribution in [2.24, 2.45) is 4.99 Å². The Bertz CT molecular complexity index is 865. The fourth-order valence-electron chi connectivity index (χ4n) is 2.74. The third-order valence-corrected chi connectivity index (χ3v) is 4.81. The molecule has 0 atom stereocenters. The summed E-state index contributed by atoms with van der Waals surface area (Å²) in [4.78, 5) is 10.9. The summed E-state index contributed by atoms with van der Waals surface area (Å²) in [5.41, 5.74) is 3.15. The van der Waals surface area contributed by atoms with Gasteiger partial charge in [0.05, 0.1) is 23.8 Å². The number of fused-ring (bicyclic) bond motifs is 1. The van der Waals surface area contributed by atoms with Crippen LogP contribution in [0.3, 0.4) is 0 Å². The lowest BCUT2D eigenvalue weighted by molar-refractivity contribution is 0.460. The Kier molecular flexibility index (Phi) is 4.85. The molecule has 0 aliphatic carbocycles. The number of furan rings is 1. The zero-order valence-electron chi connectivity index (χ0n) is 14.5. The zero-order chi connectivity index (χ0) is 17.1. The Morgan fingerprint density at radius 1 is 1.33 bits per heavy atom. The molecule has 0 aliphatic heterocycles. The van der Waals surface area contributed by atoms with Gasteiger partial charge >= 0.3 is 0 Å². The normalized spacial score (nSPS) is 11.9. The number of hydrogen-bond donors (Lipinski definition) is 1. The fourth-order valence-corrected chi connectivity index (χ4v) is 3.34. The highest BCUT2D eigenvalue weighted by Gasteiger charge is 2.12. The fraction of sp³-hybridized carbons (Fsp3) is 0.333. The van der Waals surface area contributed by atoms with Crippen molar-refractivity contribution < 1.29 is 4.42 Å². The van der Waals surface area contributed by atoms with Crippen molar-refractivity contribution in [1.82, 2.24) is 15.2 Å². The summed E-state index contributed by atoms with van der Waals surface area (Å²) in [5, 5.41) is 7.70. The van der Waals surface area contributed by atoms with E-state index in [0.29, 0.717) is 6.54 Å². The van der Waals surface area contributed by atoms with Crippen molar-refractivity contribution in [2.75, 3.05) is 14.1 Å². The number of nitrogens with zero attached hydrogens (tertiary/aromatic N) is 3. The van der Waals surface area contributed by atoms with Crippen molar-refractivity contribution in [3.8, 4) is 0 Å². The van der Waals surface area contributed by atoms with E-state index in [2.05, 4.69) is 38.6 Å². The third kappa shape index (κ3) is 3.43. The number of aromatic nitrogens is 1. The van der Waals surface area contributed by atoms with Crippen molar-refractivity contribution in [3.63, 3.8) is 0 Å². The van der Waals surface area contributed by atoms with Crippen LogP contribution in [-0.4, -0.2) is 29.9 Å². The number of thiazole rings is 1. The molecule has 0 saturated carbocycles.